The second-order valence-corrected chi connectivity index (χ2v) is 6.24. The molecule has 0 fully saturated rings. The Labute approximate surface area is 117 Å². The van der Waals surface area contributed by atoms with Gasteiger partial charge in [0.2, 0.25) is 0 Å². The van der Waals surface area contributed by atoms with E-state index in [9.17, 15) is 0 Å². The van der Waals surface area contributed by atoms with Crippen LogP contribution in [0.1, 0.15) is 26.6 Å². The fraction of sp³-hybridized carbons (Fsp3) is 0.400. The quantitative estimate of drug-likeness (QED) is 0.928. The van der Waals surface area contributed by atoms with Crippen LogP contribution in [0.4, 0.5) is 5.82 Å². The van der Waals surface area contributed by atoms with Crippen molar-refractivity contribution in [3.05, 3.63) is 38.7 Å². The summed E-state index contributed by atoms with van der Waals surface area (Å²) in [5, 5.41) is 4.35. The number of nitrogens with zero attached hydrogens (tertiary/aromatic N) is 1. The summed E-state index contributed by atoms with van der Waals surface area (Å²) in [7, 11) is 0. The normalized spacial score (nSPS) is 13.2. The molecular weight excluding hydrogens is 256 g/mol. The molecule has 1 aliphatic heterocycles. The molecule has 0 saturated heterocycles. The van der Waals surface area contributed by atoms with E-state index in [-0.39, 0.29) is 0 Å². The first-order valence-electron chi connectivity index (χ1n) is 6.56. The van der Waals surface area contributed by atoms with Crippen molar-refractivity contribution >= 4 is 17.2 Å². The summed E-state index contributed by atoms with van der Waals surface area (Å²) in [5.41, 5.74) is 3.67. The topological polar surface area (TPSA) is 34.1 Å². The van der Waals surface area contributed by atoms with E-state index in [0.29, 0.717) is 6.61 Å². The van der Waals surface area contributed by atoms with Gasteiger partial charge in [-0.3, -0.25) is 0 Å². The van der Waals surface area contributed by atoms with Crippen LogP contribution < -0.4 is 10.1 Å². The molecule has 2 aromatic rings. The molecule has 0 aliphatic carbocycles. The molecule has 1 aromatic heterocycles. The predicted octanol–water partition coefficient (Wildman–Crippen LogP) is 3.62. The van der Waals surface area contributed by atoms with Crippen molar-refractivity contribution in [2.75, 3.05) is 11.9 Å². The molecule has 19 heavy (non-hydrogen) atoms. The monoisotopic (exact) mass is 274 g/mol. The Morgan fingerprint density at radius 2 is 2.00 bits per heavy atom. The van der Waals surface area contributed by atoms with Crippen LogP contribution in [0.15, 0.2) is 12.1 Å². The highest BCUT2D eigenvalue weighted by atomic mass is 32.1. The lowest BCUT2D eigenvalue weighted by Crippen LogP contribution is -2.00. The Balaban J connectivity index is 1.75. The maximum Gasteiger partial charge on any atom is 0.140 e. The highest BCUT2D eigenvalue weighted by Crippen LogP contribution is 2.30. The lowest BCUT2D eigenvalue weighted by molar-refractivity contribution is 0.301. The first-order chi connectivity index (χ1) is 9.13. The summed E-state index contributed by atoms with van der Waals surface area (Å²) in [6.45, 7) is 7.88. The van der Waals surface area contributed by atoms with Gasteiger partial charge in [0.1, 0.15) is 23.2 Å². The van der Waals surface area contributed by atoms with Crippen LogP contribution in [-0.4, -0.2) is 11.5 Å². The Kier molecular flexibility index (Phi) is 3.19. The first-order valence-corrected chi connectivity index (χ1v) is 7.38. The Morgan fingerprint density at radius 3 is 2.68 bits per heavy atom. The number of thiazole rings is 1. The Bertz CT molecular complexity index is 574. The van der Waals surface area contributed by atoms with Gasteiger partial charge in [-0.15, -0.1) is 11.3 Å². The molecule has 3 nitrogen and oxygen atoms in total. The van der Waals surface area contributed by atoms with Crippen LogP contribution in [0, 0.1) is 20.8 Å². The molecule has 0 spiro atoms. The van der Waals surface area contributed by atoms with Gasteiger partial charge < -0.3 is 10.1 Å². The molecule has 1 aliphatic rings. The molecule has 0 amide bonds. The van der Waals surface area contributed by atoms with Crippen LogP contribution in [0.25, 0.3) is 0 Å². The number of hydrogen-bond acceptors (Lipinski definition) is 4. The molecule has 0 bridgehead atoms. The van der Waals surface area contributed by atoms with Crippen LogP contribution in [0.3, 0.4) is 0 Å². The second kappa shape index (κ2) is 4.85. The van der Waals surface area contributed by atoms with E-state index in [1.165, 1.54) is 21.6 Å². The number of ether oxygens (including phenoxy) is 1. The van der Waals surface area contributed by atoms with Crippen molar-refractivity contribution in [3.8, 4) is 5.75 Å². The van der Waals surface area contributed by atoms with Crippen LogP contribution in [0.2, 0.25) is 0 Å². The van der Waals surface area contributed by atoms with Crippen molar-refractivity contribution in [1.82, 2.24) is 4.98 Å². The number of rotatable bonds is 3. The first kappa shape index (κ1) is 12.5. The maximum atomic E-state index is 5.97. The third-order valence-corrected chi connectivity index (χ3v) is 4.42. The van der Waals surface area contributed by atoms with Crippen LogP contribution >= 0.6 is 11.3 Å². The number of fused-ring (bicyclic) bond motifs is 1. The van der Waals surface area contributed by atoms with E-state index in [1.54, 1.807) is 11.3 Å². The number of aryl methyl sites for hydroxylation is 3. The van der Waals surface area contributed by atoms with Gasteiger partial charge in [-0.2, -0.15) is 0 Å². The molecule has 0 unspecified atom stereocenters. The van der Waals surface area contributed by atoms with Gasteiger partial charge in [-0.1, -0.05) is 17.7 Å². The standard InChI is InChI=1S/C15H18N2OS/c1-9-6-10(2)14(11(3)7-9)18-8-13-17-15-12(19-13)4-5-16-15/h6-7,16H,4-5,8H2,1-3H3. The summed E-state index contributed by atoms with van der Waals surface area (Å²) in [6, 6.07) is 4.32. The predicted molar refractivity (Wildman–Crippen MR) is 79.3 cm³/mol. The number of benzene rings is 1. The van der Waals surface area contributed by atoms with Crippen molar-refractivity contribution in [2.45, 2.75) is 33.8 Å². The molecule has 0 atom stereocenters. The summed E-state index contributed by atoms with van der Waals surface area (Å²) in [5.74, 6) is 2.05. The minimum absolute atomic E-state index is 0.560. The molecule has 0 radical (unpaired) electrons. The summed E-state index contributed by atoms with van der Waals surface area (Å²) < 4.78 is 5.97. The van der Waals surface area contributed by atoms with E-state index in [2.05, 4.69) is 43.2 Å². The second-order valence-electron chi connectivity index (χ2n) is 5.07. The van der Waals surface area contributed by atoms with Crippen molar-refractivity contribution in [1.29, 1.82) is 0 Å². The lowest BCUT2D eigenvalue weighted by Gasteiger charge is -2.12. The fourth-order valence-electron chi connectivity index (χ4n) is 2.59. The van der Waals surface area contributed by atoms with E-state index >= 15 is 0 Å². The highest BCUT2D eigenvalue weighted by molar-refractivity contribution is 7.12. The van der Waals surface area contributed by atoms with Crippen molar-refractivity contribution in [3.63, 3.8) is 0 Å². The molecule has 0 saturated carbocycles. The average Bonchev–Trinajstić information content (AvgIpc) is 2.87. The zero-order chi connectivity index (χ0) is 13.4. The summed E-state index contributed by atoms with van der Waals surface area (Å²) in [4.78, 5) is 5.92. The largest absolute Gasteiger partial charge is 0.486 e. The van der Waals surface area contributed by atoms with Gasteiger partial charge in [0.05, 0.1) is 4.88 Å². The Hall–Kier alpha value is -1.55. The van der Waals surface area contributed by atoms with Gasteiger partial charge >= 0.3 is 0 Å². The third-order valence-electron chi connectivity index (χ3n) is 3.33. The third kappa shape index (κ3) is 2.45. The smallest absolute Gasteiger partial charge is 0.140 e. The van der Waals surface area contributed by atoms with Crippen molar-refractivity contribution in [2.24, 2.45) is 0 Å². The minimum atomic E-state index is 0.560. The number of anilines is 1. The number of hydrogen-bond donors (Lipinski definition) is 1. The fourth-order valence-corrected chi connectivity index (χ4v) is 3.55. The average molecular weight is 274 g/mol. The van der Waals surface area contributed by atoms with Gasteiger partial charge in [0.15, 0.2) is 0 Å². The van der Waals surface area contributed by atoms with E-state index in [4.69, 9.17) is 4.74 Å². The van der Waals surface area contributed by atoms with E-state index < -0.39 is 0 Å². The molecule has 4 heteroatoms. The van der Waals surface area contributed by atoms with Crippen LogP contribution in [-0.2, 0) is 13.0 Å². The molecular formula is C15H18N2OS. The maximum absolute atomic E-state index is 5.97. The zero-order valence-corrected chi connectivity index (χ0v) is 12.4. The molecule has 3 rings (SSSR count). The minimum Gasteiger partial charge on any atom is -0.486 e. The van der Waals surface area contributed by atoms with Crippen molar-refractivity contribution < 1.29 is 4.74 Å². The van der Waals surface area contributed by atoms with E-state index in [0.717, 1.165) is 29.5 Å². The summed E-state index contributed by atoms with van der Waals surface area (Å²) >= 11 is 1.76. The summed E-state index contributed by atoms with van der Waals surface area (Å²) in [6.07, 6.45) is 1.09. The number of aromatic nitrogens is 1. The Morgan fingerprint density at radius 1 is 1.26 bits per heavy atom. The number of nitrogens with one attached hydrogen (secondary N) is 1. The van der Waals surface area contributed by atoms with Gasteiger partial charge in [0, 0.05) is 13.0 Å². The van der Waals surface area contributed by atoms with Gasteiger partial charge in [-0.25, -0.2) is 4.98 Å². The zero-order valence-electron chi connectivity index (χ0n) is 11.5. The highest BCUT2D eigenvalue weighted by Gasteiger charge is 2.16. The lowest BCUT2D eigenvalue weighted by atomic mass is 10.1. The molecule has 2 heterocycles. The van der Waals surface area contributed by atoms with Gasteiger partial charge in [-0.05, 0) is 31.9 Å². The van der Waals surface area contributed by atoms with Crippen LogP contribution in [0.5, 0.6) is 5.75 Å². The molecule has 100 valence electrons. The molecule has 1 N–H and O–H groups in total. The van der Waals surface area contributed by atoms with Gasteiger partial charge in [0.25, 0.3) is 0 Å². The molecule has 1 aromatic carbocycles. The SMILES string of the molecule is Cc1cc(C)c(OCc2nc3c(s2)CCN3)c(C)c1. The van der Waals surface area contributed by atoms with E-state index in [1.807, 2.05) is 0 Å².